The molecule has 0 aliphatic rings. The van der Waals surface area contributed by atoms with Crippen LogP contribution in [0.1, 0.15) is 27.7 Å². The lowest BCUT2D eigenvalue weighted by Crippen LogP contribution is -2.09. The van der Waals surface area contributed by atoms with E-state index in [0.717, 1.165) is 33.9 Å². The second-order valence-electron chi connectivity index (χ2n) is 7.86. The number of imidazole rings is 1. The van der Waals surface area contributed by atoms with Gasteiger partial charge in [0.1, 0.15) is 11.4 Å². The lowest BCUT2D eigenvalue weighted by Gasteiger charge is -2.11. The van der Waals surface area contributed by atoms with Crippen molar-refractivity contribution in [1.29, 1.82) is 0 Å². The van der Waals surface area contributed by atoms with Gasteiger partial charge in [0.15, 0.2) is 0 Å². The molecule has 0 aliphatic carbocycles. The Labute approximate surface area is 172 Å². The second kappa shape index (κ2) is 8.00. The van der Waals surface area contributed by atoms with Crippen LogP contribution in [0.25, 0.3) is 28.0 Å². The number of hydrogen-bond acceptors (Lipinski definition) is 3. The number of benzene rings is 2. The first-order chi connectivity index (χ1) is 14.0. The average molecular weight is 386 g/mol. The molecule has 4 rings (SSSR count). The molecular formula is C25H27N3O. The molecule has 0 aliphatic heterocycles. The Kier molecular flexibility index (Phi) is 5.26. The third kappa shape index (κ3) is 4.27. The summed E-state index contributed by atoms with van der Waals surface area (Å²) in [7, 11) is 0. The van der Waals surface area contributed by atoms with Crippen LogP contribution in [0.2, 0.25) is 0 Å². The number of fused-ring (bicyclic) bond motifs is 1. The molecule has 2 aromatic carbocycles. The summed E-state index contributed by atoms with van der Waals surface area (Å²) in [5.41, 5.74) is 6.59. The van der Waals surface area contributed by atoms with E-state index in [0.29, 0.717) is 6.04 Å². The molecular weight excluding hydrogens is 358 g/mol. The highest BCUT2D eigenvalue weighted by Crippen LogP contribution is 2.27. The van der Waals surface area contributed by atoms with Crippen molar-refractivity contribution < 1.29 is 4.74 Å². The Morgan fingerprint density at radius 2 is 1.45 bits per heavy atom. The Morgan fingerprint density at radius 1 is 0.793 bits per heavy atom. The van der Waals surface area contributed by atoms with Gasteiger partial charge in [-0.25, -0.2) is 4.98 Å². The lowest BCUT2D eigenvalue weighted by atomic mass is 10.1. The molecule has 1 N–H and O–H groups in total. The van der Waals surface area contributed by atoms with E-state index in [1.165, 1.54) is 5.56 Å². The van der Waals surface area contributed by atoms with Crippen molar-refractivity contribution in [3.05, 3.63) is 73.1 Å². The molecule has 4 heteroatoms. The monoisotopic (exact) mass is 385 g/mol. The van der Waals surface area contributed by atoms with Gasteiger partial charge in [0.25, 0.3) is 0 Å². The molecule has 29 heavy (non-hydrogen) atoms. The Bertz CT molecular complexity index is 1090. The van der Waals surface area contributed by atoms with Crippen molar-refractivity contribution in [1.82, 2.24) is 9.38 Å². The fourth-order valence-corrected chi connectivity index (χ4v) is 3.43. The van der Waals surface area contributed by atoms with Gasteiger partial charge >= 0.3 is 0 Å². The van der Waals surface area contributed by atoms with Gasteiger partial charge in [-0.3, -0.25) is 4.40 Å². The normalized spacial score (nSPS) is 11.4. The summed E-state index contributed by atoms with van der Waals surface area (Å²) in [5.74, 6) is 0.883. The number of aromatic nitrogens is 2. The van der Waals surface area contributed by atoms with E-state index in [9.17, 15) is 0 Å². The van der Waals surface area contributed by atoms with Crippen LogP contribution >= 0.6 is 0 Å². The molecule has 0 saturated carbocycles. The molecule has 148 valence electrons. The van der Waals surface area contributed by atoms with Gasteiger partial charge in [-0.05, 0) is 87.4 Å². The first kappa shape index (κ1) is 19.1. The summed E-state index contributed by atoms with van der Waals surface area (Å²) < 4.78 is 7.90. The topological polar surface area (TPSA) is 38.6 Å². The van der Waals surface area contributed by atoms with Gasteiger partial charge in [-0.2, -0.15) is 0 Å². The summed E-state index contributed by atoms with van der Waals surface area (Å²) in [6, 6.07) is 21.4. The molecule has 0 saturated heterocycles. The van der Waals surface area contributed by atoms with Crippen LogP contribution in [-0.2, 0) is 0 Å². The predicted octanol–water partition coefficient (Wildman–Crippen LogP) is 6.28. The van der Waals surface area contributed by atoms with E-state index in [4.69, 9.17) is 4.74 Å². The Morgan fingerprint density at radius 3 is 2.10 bits per heavy atom. The average Bonchev–Trinajstić information content (AvgIpc) is 3.11. The molecule has 2 heterocycles. The fourth-order valence-electron chi connectivity index (χ4n) is 3.43. The Hall–Kier alpha value is -3.27. The minimum absolute atomic E-state index is 0.168. The van der Waals surface area contributed by atoms with E-state index < -0.39 is 0 Å². The van der Waals surface area contributed by atoms with E-state index in [1.54, 1.807) is 0 Å². The largest absolute Gasteiger partial charge is 0.491 e. The fraction of sp³-hybridized carbons (Fsp3) is 0.240. The molecule has 0 amide bonds. The van der Waals surface area contributed by atoms with E-state index in [1.807, 2.05) is 32.2 Å². The Balaban J connectivity index is 1.66. The van der Waals surface area contributed by atoms with Crippen LogP contribution in [0.3, 0.4) is 0 Å². The summed E-state index contributed by atoms with van der Waals surface area (Å²) in [6.07, 6.45) is 4.25. The van der Waals surface area contributed by atoms with Crippen LogP contribution in [0.4, 0.5) is 5.69 Å². The van der Waals surface area contributed by atoms with Crippen molar-refractivity contribution in [2.75, 3.05) is 5.32 Å². The second-order valence-corrected chi connectivity index (χ2v) is 7.86. The summed E-state index contributed by atoms with van der Waals surface area (Å²) in [4.78, 5) is 4.57. The molecule has 0 fully saturated rings. The molecule has 0 radical (unpaired) electrons. The SMILES string of the molecule is CC(C)Nc1ccc(-c2ccc3ncc(-c4ccc(OC(C)C)cc4)n3c2)cc1. The lowest BCUT2D eigenvalue weighted by molar-refractivity contribution is 0.242. The number of rotatable bonds is 6. The van der Waals surface area contributed by atoms with Crippen molar-refractivity contribution in [2.45, 2.75) is 39.8 Å². The van der Waals surface area contributed by atoms with Gasteiger partial charge in [0, 0.05) is 23.5 Å². The van der Waals surface area contributed by atoms with Crippen LogP contribution in [-0.4, -0.2) is 21.5 Å². The summed E-state index contributed by atoms with van der Waals surface area (Å²) in [5, 5.41) is 3.43. The molecule has 0 bridgehead atoms. The molecule has 0 unspecified atom stereocenters. The number of nitrogens with zero attached hydrogens (tertiary/aromatic N) is 2. The standard InChI is InChI=1S/C25H27N3O/c1-17(2)27-22-10-5-19(6-11-22)21-9-14-25-26-15-24(28(25)16-21)20-7-12-23(13-8-20)29-18(3)4/h5-18,27H,1-4H3. The van der Waals surface area contributed by atoms with Crippen LogP contribution in [0.15, 0.2) is 73.1 Å². The number of pyridine rings is 1. The number of anilines is 1. The van der Waals surface area contributed by atoms with Gasteiger partial charge in [0.2, 0.25) is 0 Å². The molecule has 0 atom stereocenters. The highest BCUT2D eigenvalue weighted by atomic mass is 16.5. The number of ether oxygens (including phenoxy) is 1. The maximum absolute atomic E-state index is 5.76. The van der Waals surface area contributed by atoms with E-state index in [2.05, 4.69) is 83.3 Å². The first-order valence-corrected chi connectivity index (χ1v) is 10.1. The minimum Gasteiger partial charge on any atom is -0.491 e. The third-order valence-electron chi connectivity index (χ3n) is 4.70. The quantitative estimate of drug-likeness (QED) is 0.425. The number of nitrogens with one attached hydrogen (secondary N) is 1. The third-order valence-corrected chi connectivity index (χ3v) is 4.70. The minimum atomic E-state index is 0.168. The van der Waals surface area contributed by atoms with Gasteiger partial charge < -0.3 is 10.1 Å². The van der Waals surface area contributed by atoms with Crippen molar-refractivity contribution >= 4 is 11.3 Å². The summed E-state index contributed by atoms with van der Waals surface area (Å²) >= 11 is 0. The first-order valence-electron chi connectivity index (χ1n) is 10.1. The van der Waals surface area contributed by atoms with Crippen LogP contribution in [0.5, 0.6) is 5.75 Å². The zero-order chi connectivity index (χ0) is 20.4. The molecule has 0 spiro atoms. The van der Waals surface area contributed by atoms with Gasteiger partial charge in [0.05, 0.1) is 18.0 Å². The maximum Gasteiger partial charge on any atom is 0.137 e. The molecule has 2 aromatic heterocycles. The summed E-state index contributed by atoms with van der Waals surface area (Å²) in [6.45, 7) is 8.35. The van der Waals surface area contributed by atoms with E-state index >= 15 is 0 Å². The van der Waals surface area contributed by atoms with E-state index in [-0.39, 0.29) is 6.10 Å². The number of hydrogen-bond donors (Lipinski definition) is 1. The molecule has 4 aromatic rings. The van der Waals surface area contributed by atoms with Gasteiger partial charge in [-0.15, -0.1) is 0 Å². The zero-order valence-corrected chi connectivity index (χ0v) is 17.4. The van der Waals surface area contributed by atoms with Crippen molar-refractivity contribution in [3.63, 3.8) is 0 Å². The zero-order valence-electron chi connectivity index (χ0n) is 17.4. The van der Waals surface area contributed by atoms with Gasteiger partial charge in [-0.1, -0.05) is 12.1 Å². The van der Waals surface area contributed by atoms with Crippen molar-refractivity contribution in [2.24, 2.45) is 0 Å². The van der Waals surface area contributed by atoms with Crippen LogP contribution in [0, 0.1) is 0 Å². The highest BCUT2D eigenvalue weighted by molar-refractivity contribution is 5.70. The molecule has 4 nitrogen and oxygen atoms in total. The highest BCUT2D eigenvalue weighted by Gasteiger charge is 2.08. The van der Waals surface area contributed by atoms with Crippen molar-refractivity contribution in [3.8, 4) is 28.1 Å². The smallest absolute Gasteiger partial charge is 0.137 e. The van der Waals surface area contributed by atoms with Crippen LogP contribution < -0.4 is 10.1 Å². The maximum atomic E-state index is 5.76. The predicted molar refractivity (Wildman–Crippen MR) is 121 cm³/mol.